The molecule has 0 aliphatic carbocycles. The zero-order chi connectivity index (χ0) is 21.3. The van der Waals surface area contributed by atoms with Crippen molar-refractivity contribution in [1.82, 2.24) is 19.5 Å². The molecule has 5 atom stereocenters. The number of halogens is 1. The van der Waals surface area contributed by atoms with Crippen molar-refractivity contribution in [2.75, 3.05) is 18.5 Å². The first-order chi connectivity index (χ1) is 14.5. The maximum atomic E-state index is 10.3. The van der Waals surface area contributed by atoms with Crippen LogP contribution in [0.25, 0.3) is 11.2 Å². The Morgan fingerprint density at radius 2 is 1.90 bits per heavy atom. The lowest BCUT2D eigenvalue weighted by atomic mass is 10.1. The number of nitrogens with zero attached hydrogens (tertiary/aromatic N) is 4. The molecule has 11 heteroatoms. The number of anilines is 1. The van der Waals surface area contributed by atoms with E-state index in [0.29, 0.717) is 27.2 Å². The number of hydrogen-bond acceptors (Lipinski definition) is 9. The second-order valence-electron chi connectivity index (χ2n) is 7.11. The van der Waals surface area contributed by atoms with E-state index in [1.807, 2.05) is 52.9 Å². The number of fused-ring (bicyclic) bond motifs is 1. The monoisotopic (exact) mass is 527 g/mol. The van der Waals surface area contributed by atoms with Gasteiger partial charge in [-0.1, -0.05) is 30.3 Å². The highest BCUT2D eigenvalue weighted by Gasteiger charge is 2.44. The highest BCUT2D eigenvalue weighted by Crippen LogP contribution is 2.32. The standard InChI is InChI=1S/C19H22IN5O5/c20-19-23-16(22-11(7-26)6-10-4-2-1-3-5-10)13-17(24-19)25(9-21-13)18-15(29)14(28)12(8-27)30-18/h1-5,9,11-12,14-15,18,26-29H,6-8H2,(H,22,23,24)/t11-,12+,14+,15+,18?/m0/s1. The number of imidazole rings is 1. The van der Waals surface area contributed by atoms with Gasteiger partial charge in [0.05, 0.1) is 25.6 Å². The van der Waals surface area contributed by atoms with Crippen LogP contribution in [0.15, 0.2) is 36.7 Å². The van der Waals surface area contributed by atoms with Gasteiger partial charge < -0.3 is 30.5 Å². The smallest absolute Gasteiger partial charge is 0.194 e. The van der Waals surface area contributed by atoms with Gasteiger partial charge in [-0.15, -0.1) is 0 Å². The van der Waals surface area contributed by atoms with Gasteiger partial charge in [0.15, 0.2) is 27.0 Å². The number of ether oxygens (including phenoxy) is 1. The molecule has 1 aromatic carbocycles. The lowest BCUT2D eigenvalue weighted by Gasteiger charge is -2.18. The van der Waals surface area contributed by atoms with Gasteiger partial charge in [0.25, 0.3) is 0 Å². The summed E-state index contributed by atoms with van der Waals surface area (Å²) in [6.45, 7) is -0.523. The first-order valence-corrected chi connectivity index (χ1v) is 10.5. The Labute approximate surface area is 185 Å². The lowest BCUT2D eigenvalue weighted by molar-refractivity contribution is -0.0511. The quantitative estimate of drug-likeness (QED) is 0.213. The third kappa shape index (κ3) is 4.13. The fourth-order valence-corrected chi connectivity index (χ4v) is 4.01. The van der Waals surface area contributed by atoms with Gasteiger partial charge in [0.2, 0.25) is 0 Å². The van der Waals surface area contributed by atoms with Gasteiger partial charge in [-0.2, -0.15) is 0 Å². The number of rotatable bonds is 7. The van der Waals surface area contributed by atoms with E-state index < -0.39 is 31.1 Å². The predicted molar refractivity (Wildman–Crippen MR) is 116 cm³/mol. The van der Waals surface area contributed by atoms with Crippen LogP contribution in [0.1, 0.15) is 11.8 Å². The molecule has 0 spiro atoms. The summed E-state index contributed by atoms with van der Waals surface area (Å²) in [5.41, 5.74) is 1.92. The van der Waals surface area contributed by atoms with E-state index in [2.05, 4.69) is 20.3 Å². The summed E-state index contributed by atoms with van der Waals surface area (Å²) >= 11 is 1.98. The van der Waals surface area contributed by atoms with Gasteiger partial charge in [-0.25, -0.2) is 15.0 Å². The van der Waals surface area contributed by atoms with Gasteiger partial charge >= 0.3 is 0 Å². The van der Waals surface area contributed by atoms with Crippen molar-refractivity contribution in [3.63, 3.8) is 0 Å². The van der Waals surface area contributed by atoms with Crippen molar-refractivity contribution in [3.8, 4) is 0 Å². The van der Waals surface area contributed by atoms with Gasteiger partial charge in [-0.3, -0.25) is 4.57 Å². The first kappa shape index (κ1) is 21.3. The van der Waals surface area contributed by atoms with E-state index in [1.165, 1.54) is 10.9 Å². The number of nitrogens with one attached hydrogen (secondary N) is 1. The van der Waals surface area contributed by atoms with Crippen LogP contribution in [-0.4, -0.2) is 77.5 Å². The molecule has 3 aromatic rings. The van der Waals surface area contributed by atoms with Crippen LogP contribution in [-0.2, 0) is 11.2 Å². The number of aromatic nitrogens is 4. The van der Waals surface area contributed by atoms with Crippen molar-refractivity contribution < 1.29 is 25.2 Å². The zero-order valence-electron chi connectivity index (χ0n) is 15.8. The van der Waals surface area contributed by atoms with E-state index in [9.17, 15) is 20.4 Å². The van der Waals surface area contributed by atoms with Crippen molar-refractivity contribution in [2.45, 2.75) is 37.0 Å². The van der Waals surface area contributed by atoms with Crippen LogP contribution in [0.5, 0.6) is 0 Å². The molecule has 2 aromatic heterocycles. The number of aliphatic hydroxyl groups excluding tert-OH is 4. The van der Waals surface area contributed by atoms with Crippen molar-refractivity contribution in [3.05, 3.63) is 46.1 Å². The summed E-state index contributed by atoms with van der Waals surface area (Å²) < 4.78 is 7.55. The summed E-state index contributed by atoms with van der Waals surface area (Å²) in [5.74, 6) is 0.449. The molecule has 5 N–H and O–H groups in total. The van der Waals surface area contributed by atoms with Crippen molar-refractivity contribution in [1.29, 1.82) is 0 Å². The van der Waals surface area contributed by atoms with Gasteiger partial charge in [0, 0.05) is 22.6 Å². The Kier molecular flexibility index (Phi) is 6.46. The maximum absolute atomic E-state index is 10.3. The van der Waals surface area contributed by atoms with Crippen LogP contribution in [0.4, 0.5) is 5.82 Å². The van der Waals surface area contributed by atoms with Crippen molar-refractivity contribution in [2.24, 2.45) is 0 Å². The van der Waals surface area contributed by atoms with E-state index in [0.717, 1.165) is 5.56 Å². The predicted octanol–water partition coefficient (Wildman–Crippen LogP) is 0.0579. The lowest BCUT2D eigenvalue weighted by Crippen LogP contribution is -2.33. The molecule has 4 rings (SSSR count). The second-order valence-corrected chi connectivity index (χ2v) is 8.07. The average Bonchev–Trinajstić information content (AvgIpc) is 3.29. The summed E-state index contributed by atoms with van der Waals surface area (Å²) in [5, 5.41) is 42.8. The molecule has 1 aliphatic rings. The Bertz CT molecular complexity index is 1000. The minimum atomic E-state index is -1.24. The minimum absolute atomic E-state index is 0.105. The van der Waals surface area contributed by atoms with Crippen LogP contribution in [0, 0.1) is 3.83 Å². The fraction of sp³-hybridized carbons (Fsp3) is 0.421. The number of aliphatic hydroxyl groups is 4. The topological polar surface area (TPSA) is 146 Å². The zero-order valence-corrected chi connectivity index (χ0v) is 18.0. The summed E-state index contributed by atoms with van der Waals surface area (Å²) in [7, 11) is 0. The van der Waals surface area contributed by atoms with Gasteiger partial charge in [-0.05, 0) is 12.0 Å². The van der Waals surface area contributed by atoms with Crippen LogP contribution < -0.4 is 5.32 Å². The molecule has 30 heavy (non-hydrogen) atoms. The molecule has 1 unspecified atom stereocenters. The second kappa shape index (κ2) is 9.08. The molecule has 1 saturated heterocycles. The maximum Gasteiger partial charge on any atom is 0.194 e. The molecular weight excluding hydrogens is 505 g/mol. The third-order valence-electron chi connectivity index (χ3n) is 5.07. The third-order valence-corrected chi connectivity index (χ3v) is 5.55. The molecule has 0 bridgehead atoms. The molecule has 0 radical (unpaired) electrons. The Morgan fingerprint density at radius 1 is 1.13 bits per heavy atom. The number of hydrogen-bond donors (Lipinski definition) is 5. The summed E-state index contributed by atoms with van der Waals surface area (Å²) in [6, 6.07) is 9.50. The minimum Gasteiger partial charge on any atom is -0.394 e. The van der Waals surface area contributed by atoms with Crippen LogP contribution in [0.2, 0.25) is 0 Å². The molecule has 10 nitrogen and oxygen atoms in total. The molecular formula is C19H22IN5O5. The molecule has 160 valence electrons. The van der Waals surface area contributed by atoms with Gasteiger partial charge in [0.1, 0.15) is 18.3 Å². The Hall–Kier alpha value is -1.90. The number of benzene rings is 1. The van der Waals surface area contributed by atoms with Crippen LogP contribution >= 0.6 is 22.6 Å². The summed E-state index contributed by atoms with van der Waals surface area (Å²) in [6.07, 6.45) is -2.27. The van der Waals surface area contributed by atoms with E-state index in [1.54, 1.807) is 0 Å². The average molecular weight is 527 g/mol. The fourth-order valence-electron chi connectivity index (χ4n) is 3.54. The molecule has 0 amide bonds. The summed E-state index contributed by atoms with van der Waals surface area (Å²) in [4.78, 5) is 13.2. The highest BCUT2D eigenvalue weighted by molar-refractivity contribution is 14.1. The molecule has 1 fully saturated rings. The highest BCUT2D eigenvalue weighted by atomic mass is 127. The van der Waals surface area contributed by atoms with Crippen LogP contribution in [0.3, 0.4) is 0 Å². The largest absolute Gasteiger partial charge is 0.394 e. The van der Waals surface area contributed by atoms with Crippen molar-refractivity contribution >= 4 is 39.6 Å². The molecule has 0 saturated carbocycles. The SMILES string of the molecule is OC[C@H](Cc1ccccc1)Nc1nc(I)nc2c1ncn2C1O[C@H](CO)[C@@H](O)[C@H]1O. The van der Waals surface area contributed by atoms with E-state index >= 15 is 0 Å². The van der Waals surface area contributed by atoms with E-state index in [-0.39, 0.29) is 12.6 Å². The Morgan fingerprint density at radius 3 is 2.57 bits per heavy atom. The van der Waals surface area contributed by atoms with E-state index in [4.69, 9.17) is 4.74 Å². The molecule has 1 aliphatic heterocycles. The normalized spacial score (nSPS) is 25.0. The Balaban J connectivity index is 1.64. The first-order valence-electron chi connectivity index (χ1n) is 9.45. The molecule has 3 heterocycles.